The van der Waals surface area contributed by atoms with E-state index in [1.54, 1.807) is 6.07 Å². The molecule has 4 rings (SSSR count). The lowest BCUT2D eigenvalue weighted by atomic mass is 10.0. The van der Waals surface area contributed by atoms with Gasteiger partial charge in [0.1, 0.15) is 5.84 Å². The second-order valence-electron chi connectivity index (χ2n) is 5.99. The Morgan fingerprint density at radius 2 is 2.00 bits per heavy atom. The number of hydrogen-bond donors (Lipinski definition) is 0. The molecule has 0 amide bonds. The van der Waals surface area contributed by atoms with Gasteiger partial charge in [0, 0.05) is 36.3 Å². The van der Waals surface area contributed by atoms with E-state index in [1.165, 1.54) is 24.1 Å². The number of alkyl halides is 3. The van der Waals surface area contributed by atoms with Crippen molar-refractivity contribution in [2.75, 3.05) is 12.3 Å². The van der Waals surface area contributed by atoms with Crippen LogP contribution in [-0.2, 0) is 6.18 Å². The van der Waals surface area contributed by atoms with Crippen LogP contribution >= 0.6 is 11.9 Å². The Balaban J connectivity index is 1.60. The first-order chi connectivity index (χ1) is 13.4. The van der Waals surface area contributed by atoms with Crippen LogP contribution in [0.2, 0.25) is 0 Å². The van der Waals surface area contributed by atoms with E-state index in [4.69, 9.17) is 4.74 Å². The topological polar surface area (TPSA) is 37.7 Å². The molecule has 0 atom stereocenters. The number of halogens is 4. The first-order valence-electron chi connectivity index (χ1n) is 8.28. The number of nitrogens with zero attached hydrogens (tertiary/aromatic N) is 3. The number of ether oxygens (including phenoxy) is 1. The lowest BCUT2D eigenvalue weighted by Crippen LogP contribution is -2.32. The summed E-state index contributed by atoms with van der Waals surface area (Å²) >= 11 is 1.44. The maximum atomic E-state index is 14.6. The van der Waals surface area contributed by atoms with Gasteiger partial charge in [-0.3, -0.25) is 0 Å². The average molecular weight is 407 g/mol. The number of amidine groups is 1. The fraction of sp³-hybridized carbons (Fsp3) is 0.158. The van der Waals surface area contributed by atoms with Crippen molar-refractivity contribution in [3.8, 4) is 11.6 Å². The third-order valence-corrected chi connectivity index (χ3v) is 4.80. The second kappa shape index (κ2) is 7.31. The van der Waals surface area contributed by atoms with Crippen LogP contribution < -0.4 is 4.74 Å². The average Bonchev–Trinajstić information content (AvgIpc) is 2.69. The standard InChI is InChI=1S/C19H13F4N3OS/c20-15-10-12(14-2-1-7-26-8-9-28-25-18(14)26)3-4-16(15)27-17-11-13(5-6-24-17)19(21,22)23/h1-7,10-11H,8-9H2. The molecule has 2 aromatic rings. The van der Waals surface area contributed by atoms with Crippen LogP contribution in [0.15, 0.2) is 59.3 Å². The van der Waals surface area contributed by atoms with Crippen molar-refractivity contribution < 1.29 is 22.3 Å². The molecule has 9 heteroatoms. The van der Waals surface area contributed by atoms with Gasteiger partial charge in [0.2, 0.25) is 5.88 Å². The largest absolute Gasteiger partial charge is 0.436 e. The molecule has 28 heavy (non-hydrogen) atoms. The molecule has 0 saturated heterocycles. The van der Waals surface area contributed by atoms with Crippen molar-refractivity contribution >= 4 is 23.4 Å². The van der Waals surface area contributed by atoms with Gasteiger partial charge >= 0.3 is 6.18 Å². The van der Waals surface area contributed by atoms with Crippen LogP contribution in [0.25, 0.3) is 5.57 Å². The number of hydrogen-bond acceptors (Lipinski definition) is 5. The van der Waals surface area contributed by atoms with Gasteiger partial charge in [0.25, 0.3) is 0 Å². The molecule has 0 bridgehead atoms. The Hall–Kier alpha value is -2.81. The third kappa shape index (κ3) is 3.75. The van der Waals surface area contributed by atoms with Crippen LogP contribution in [0.4, 0.5) is 17.6 Å². The first-order valence-corrected chi connectivity index (χ1v) is 9.22. The molecule has 0 spiro atoms. The number of pyridine rings is 1. The fourth-order valence-electron chi connectivity index (χ4n) is 2.80. The molecule has 0 N–H and O–H groups in total. The normalized spacial score (nSPS) is 16.4. The van der Waals surface area contributed by atoms with Gasteiger partial charge in [0.15, 0.2) is 11.6 Å². The Morgan fingerprint density at radius 3 is 2.79 bits per heavy atom. The lowest BCUT2D eigenvalue weighted by molar-refractivity contribution is -0.137. The van der Waals surface area contributed by atoms with Gasteiger partial charge in [-0.1, -0.05) is 6.07 Å². The van der Waals surface area contributed by atoms with Crippen molar-refractivity contribution in [3.63, 3.8) is 0 Å². The van der Waals surface area contributed by atoms with E-state index in [9.17, 15) is 17.6 Å². The molecule has 0 fully saturated rings. The zero-order valence-corrected chi connectivity index (χ0v) is 15.1. The maximum Gasteiger partial charge on any atom is 0.416 e. The van der Waals surface area contributed by atoms with Crippen LogP contribution in [0.1, 0.15) is 11.1 Å². The van der Waals surface area contributed by atoms with Gasteiger partial charge < -0.3 is 9.64 Å². The highest BCUT2D eigenvalue weighted by Gasteiger charge is 2.31. The van der Waals surface area contributed by atoms with E-state index >= 15 is 0 Å². The van der Waals surface area contributed by atoms with Gasteiger partial charge in [0.05, 0.1) is 5.56 Å². The van der Waals surface area contributed by atoms with Crippen molar-refractivity contribution in [2.24, 2.45) is 4.40 Å². The van der Waals surface area contributed by atoms with Crippen molar-refractivity contribution in [2.45, 2.75) is 6.18 Å². The Labute approximate surface area is 162 Å². The van der Waals surface area contributed by atoms with E-state index < -0.39 is 17.6 Å². The summed E-state index contributed by atoms with van der Waals surface area (Å²) in [4.78, 5) is 5.70. The minimum absolute atomic E-state index is 0.209. The zero-order valence-electron chi connectivity index (χ0n) is 14.3. The summed E-state index contributed by atoms with van der Waals surface area (Å²) in [5.41, 5.74) is 0.441. The van der Waals surface area contributed by atoms with Crippen LogP contribution in [0.3, 0.4) is 0 Å². The van der Waals surface area contributed by atoms with Crippen molar-refractivity contribution in [3.05, 3.63) is 71.8 Å². The van der Waals surface area contributed by atoms with Crippen molar-refractivity contribution in [1.29, 1.82) is 0 Å². The summed E-state index contributed by atoms with van der Waals surface area (Å²) in [5, 5.41) is 0. The van der Waals surface area contributed by atoms with E-state index in [-0.39, 0.29) is 11.6 Å². The Bertz CT molecular complexity index is 1000. The molecule has 2 aliphatic heterocycles. The maximum absolute atomic E-state index is 14.6. The Morgan fingerprint density at radius 1 is 1.14 bits per heavy atom. The highest BCUT2D eigenvalue weighted by Crippen LogP contribution is 2.33. The first kappa shape index (κ1) is 18.5. The second-order valence-corrected chi connectivity index (χ2v) is 6.84. The molecule has 0 unspecified atom stereocenters. The van der Waals surface area contributed by atoms with Crippen LogP contribution in [0, 0.1) is 5.82 Å². The molecule has 3 heterocycles. The summed E-state index contributed by atoms with van der Waals surface area (Å²) < 4.78 is 62.6. The quantitative estimate of drug-likeness (QED) is 0.511. The van der Waals surface area contributed by atoms with E-state index in [0.717, 1.165) is 42.0 Å². The van der Waals surface area contributed by atoms with Gasteiger partial charge in [-0.25, -0.2) is 9.37 Å². The summed E-state index contributed by atoms with van der Waals surface area (Å²) in [7, 11) is 0. The molecular weight excluding hydrogens is 394 g/mol. The predicted octanol–water partition coefficient (Wildman–Crippen LogP) is 5.30. The highest BCUT2D eigenvalue weighted by molar-refractivity contribution is 7.98. The monoisotopic (exact) mass is 407 g/mol. The summed E-state index contributed by atoms with van der Waals surface area (Å²) in [6.07, 6.45) is 2.05. The minimum Gasteiger partial charge on any atom is -0.436 e. The fourth-order valence-corrected chi connectivity index (χ4v) is 3.50. The number of benzene rings is 1. The molecular formula is C19H13F4N3OS. The van der Waals surface area contributed by atoms with Crippen molar-refractivity contribution in [1.82, 2.24) is 9.88 Å². The van der Waals surface area contributed by atoms with Gasteiger partial charge in [-0.15, -0.1) is 0 Å². The Kier molecular flexibility index (Phi) is 4.84. The SMILES string of the molecule is Fc1cc(C2=CC=CN3CCSN=C23)ccc1Oc1cc(C(F)(F)F)ccn1. The lowest BCUT2D eigenvalue weighted by Gasteiger charge is -2.29. The van der Waals surface area contributed by atoms with Crippen LogP contribution in [-0.4, -0.2) is 28.0 Å². The van der Waals surface area contributed by atoms with Gasteiger partial charge in [-0.05, 0) is 47.9 Å². The molecule has 0 radical (unpaired) electrons. The number of aromatic nitrogens is 1. The third-order valence-electron chi connectivity index (χ3n) is 4.14. The summed E-state index contributed by atoms with van der Waals surface area (Å²) in [6, 6.07) is 5.83. The number of fused-ring (bicyclic) bond motifs is 1. The van der Waals surface area contributed by atoms with Crippen LogP contribution in [0.5, 0.6) is 11.6 Å². The van der Waals surface area contributed by atoms with E-state index in [1.807, 2.05) is 23.3 Å². The van der Waals surface area contributed by atoms with E-state index in [2.05, 4.69) is 9.38 Å². The van der Waals surface area contributed by atoms with Gasteiger partial charge in [-0.2, -0.15) is 17.6 Å². The molecule has 1 aromatic heterocycles. The predicted molar refractivity (Wildman–Crippen MR) is 99.4 cm³/mol. The zero-order chi connectivity index (χ0) is 19.7. The molecule has 0 aliphatic carbocycles. The number of allylic oxidation sites excluding steroid dienone is 2. The smallest absolute Gasteiger partial charge is 0.416 e. The number of rotatable bonds is 3. The molecule has 4 nitrogen and oxygen atoms in total. The molecule has 144 valence electrons. The molecule has 1 aromatic carbocycles. The van der Waals surface area contributed by atoms with E-state index in [0.29, 0.717) is 5.56 Å². The molecule has 0 saturated carbocycles. The molecule has 2 aliphatic rings. The summed E-state index contributed by atoms with van der Waals surface area (Å²) in [5.74, 6) is 0.362. The summed E-state index contributed by atoms with van der Waals surface area (Å²) in [6.45, 7) is 0.808. The minimum atomic E-state index is -4.53. The highest BCUT2D eigenvalue weighted by atomic mass is 32.2.